The average molecular weight is 332 g/mol. The van der Waals surface area contributed by atoms with Crippen LogP contribution in [0, 0.1) is 5.82 Å². The number of benzene rings is 2. The summed E-state index contributed by atoms with van der Waals surface area (Å²) in [6, 6.07) is 13.3. The lowest BCUT2D eigenvalue weighted by atomic mass is 10.1. The summed E-state index contributed by atoms with van der Waals surface area (Å²) in [5, 5.41) is 0. The molecule has 0 N–H and O–H groups in total. The third-order valence-corrected chi connectivity index (χ3v) is 3.92. The number of rotatable bonds is 1. The molecule has 25 heavy (non-hydrogen) atoms. The van der Waals surface area contributed by atoms with E-state index in [1.54, 1.807) is 12.3 Å². The molecule has 0 atom stereocenters. The average Bonchev–Trinajstić information content (AvgIpc) is 2.78. The highest BCUT2D eigenvalue weighted by Gasteiger charge is 2.22. The second-order valence-electron chi connectivity index (χ2n) is 5.54. The van der Waals surface area contributed by atoms with Gasteiger partial charge in [-0.1, -0.05) is 36.4 Å². The van der Waals surface area contributed by atoms with Gasteiger partial charge in [0.1, 0.15) is 5.82 Å². The number of amides is 1. The molecule has 0 radical (unpaired) electrons. The fourth-order valence-electron chi connectivity index (χ4n) is 2.70. The van der Waals surface area contributed by atoms with Crippen LogP contribution in [0.3, 0.4) is 0 Å². The molecule has 0 fully saturated rings. The van der Waals surface area contributed by atoms with Crippen LogP contribution in [0.5, 0.6) is 0 Å². The lowest BCUT2D eigenvalue weighted by Crippen LogP contribution is -2.25. The Morgan fingerprint density at radius 2 is 1.92 bits per heavy atom. The summed E-state index contributed by atoms with van der Waals surface area (Å²) in [6.07, 6.45) is 5.31. The highest BCUT2D eigenvalue weighted by molar-refractivity contribution is 6.15. The van der Waals surface area contributed by atoms with Crippen LogP contribution in [0.25, 0.3) is 0 Å². The minimum Gasteiger partial charge on any atom is -0.313 e. The molecule has 6 heteroatoms. The molecule has 0 saturated carbocycles. The first-order valence-electron chi connectivity index (χ1n) is 7.74. The molecular weight excluding hydrogens is 319 g/mol. The largest absolute Gasteiger partial charge is 0.313 e. The van der Waals surface area contributed by atoms with Gasteiger partial charge in [0.05, 0.1) is 12.1 Å². The molecule has 0 saturated heterocycles. The van der Waals surface area contributed by atoms with E-state index in [0.717, 1.165) is 11.1 Å². The van der Waals surface area contributed by atoms with Crippen molar-refractivity contribution in [1.29, 1.82) is 0 Å². The summed E-state index contributed by atoms with van der Waals surface area (Å²) in [5.74, 6) is -0.602. The van der Waals surface area contributed by atoms with Crippen molar-refractivity contribution in [1.82, 2.24) is 4.90 Å². The Morgan fingerprint density at radius 1 is 1.12 bits per heavy atom. The van der Waals surface area contributed by atoms with E-state index in [1.165, 1.54) is 18.2 Å². The Labute approximate surface area is 143 Å². The van der Waals surface area contributed by atoms with Crippen molar-refractivity contribution in [3.63, 3.8) is 0 Å². The molecule has 0 aromatic heterocycles. The number of carbonyl (C=O) groups excluding carboxylic acids is 1. The SMILES string of the molecule is O=C(N=C1N=C2N=CC=CN2Cc2ccccc21)c1ccccc1F. The number of allylic oxidation sites excluding steroid dienone is 1. The van der Waals surface area contributed by atoms with E-state index in [4.69, 9.17) is 0 Å². The van der Waals surface area contributed by atoms with Crippen LogP contribution in [0.4, 0.5) is 4.39 Å². The molecule has 4 rings (SSSR count). The Hall–Kier alpha value is -3.41. The topological polar surface area (TPSA) is 57.4 Å². The zero-order valence-corrected chi connectivity index (χ0v) is 13.1. The van der Waals surface area contributed by atoms with Gasteiger partial charge in [-0.25, -0.2) is 9.38 Å². The van der Waals surface area contributed by atoms with Crippen molar-refractivity contribution in [3.05, 3.63) is 83.3 Å². The maximum atomic E-state index is 13.9. The predicted molar refractivity (Wildman–Crippen MR) is 94.3 cm³/mol. The van der Waals surface area contributed by atoms with Gasteiger partial charge in [0.25, 0.3) is 5.91 Å². The molecule has 2 aliphatic heterocycles. The summed E-state index contributed by atoms with van der Waals surface area (Å²) in [7, 11) is 0. The lowest BCUT2D eigenvalue weighted by molar-refractivity contribution is 0.0999. The summed E-state index contributed by atoms with van der Waals surface area (Å²) < 4.78 is 13.9. The third-order valence-electron chi connectivity index (χ3n) is 3.92. The van der Waals surface area contributed by atoms with Gasteiger partial charge in [-0.2, -0.15) is 9.98 Å². The first-order chi connectivity index (χ1) is 12.2. The van der Waals surface area contributed by atoms with Crippen LogP contribution in [-0.2, 0) is 6.54 Å². The molecule has 2 aromatic rings. The van der Waals surface area contributed by atoms with Gasteiger partial charge in [-0.3, -0.25) is 4.79 Å². The predicted octanol–water partition coefficient (Wildman–Crippen LogP) is 3.18. The summed E-state index contributed by atoms with van der Waals surface area (Å²) >= 11 is 0. The van der Waals surface area contributed by atoms with Crippen molar-refractivity contribution in [2.24, 2.45) is 15.0 Å². The van der Waals surface area contributed by atoms with Gasteiger partial charge < -0.3 is 4.90 Å². The zero-order chi connectivity index (χ0) is 17.2. The highest BCUT2D eigenvalue weighted by Crippen LogP contribution is 2.20. The fourth-order valence-corrected chi connectivity index (χ4v) is 2.70. The Bertz CT molecular complexity index is 975. The Morgan fingerprint density at radius 3 is 2.80 bits per heavy atom. The molecule has 2 aromatic carbocycles. The number of hydrogen-bond acceptors (Lipinski definition) is 3. The van der Waals surface area contributed by atoms with Gasteiger partial charge in [0.15, 0.2) is 5.84 Å². The molecular formula is C19H13FN4O. The van der Waals surface area contributed by atoms with E-state index >= 15 is 0 Å². The summed E-state index contributed by atoms with van der Waals surface area (Å²) in [6.45, 7) is 0.565. The third kappa shape index (κ3) is 2.89. The quantitative estimate of drug-likeness (QED) is 0.805. The molecule has 122 valence electrons. The number of nitrogens with zero attached hydrogens (tertiary/aromatic N) is 4. The maximum Gasteiger partial charge on any atom is 0.282 e. The molecule has 1 amide bonds. The first-order valence-corrected chi connectivity index (χ1v) is 7.74. The van der Waals surface area contributed by atoms with Crippen LogP contribution in [0.1, 0.15) is 21.5 Å². The number of aliphatic imine (C=N–C) groups is 3. The standard InChI is InChI=1S/C19H13FN4O/c20-16-9-4-3-8-15(16)18(25)22-17-14-7-2-1-6-13(14)12-24-11-5-10-21-19(24)23-17/h1-11H,12H2. The highest BCUT2D eigenvalue weighted by atomic mass is 19.1. The van der Waals surface area contributed by atoms with E-state index in [9.17, 15) is 9.18 Å². The van der Waals surface area contributed by atoms with Crippen molar-refractivity contribution in [2.45, 2.75) is 6.54 Å². The monoisotopic (exact) mass is 332 g/mol. The van der Waals surface area contributed by atoms with Crippen molar-refractivity contribution in [3.8, 4) is 0 Å². The van der Waals surface area contributed by atoms with Gasteiger partial charge in [-0.15, -0.1) is 0 Å². The fraction of sp³-hybridized carbons (Fsp3) is 0.0526. The van der Waals surface area contributed by atoms with Crippen LogP contribution >= 0.6 is 0 Å². The molecule has 5 nitrogen and oxygen atoms in total. The van der Waals surface area contributed by atoms with E-state index < -0.39 is 11.7 Å². The molecule has 0 unspecified atom stereocenters. The minimum atomic E-state index is -0.670. The van der Waals surface area contributed by atoms with Crippen LogP contribution in [0.15, 0.2) is 75.8 Å². The summed E-state index contributed by atoms with van der Waals surface area (Å²) in [5.41, 5.74) is 1.61. The van der Waals surface area contributed by atoms with E-state index in [0.29, 0.717) is 12.5 Å². The second kappa shape index (κ2) is 6.24. The van der Waals surface area contributed by atoms with Gasteiger partial charge in [0, 0.05) is 18.0 Å². The van der Waals surface area contributed by atoms with E-state index in [-0.39, 0.29) is 11.4 Å². The van der Waals surface area contributed by atoms with Crippen molar-refractivity contribution in [2.75, 3.05) is 0 Å². The van der Waals surface area contributed by atoms with Crippen LogP contribution < -0.4 is 0 Å². The van der Waals surface area contributed by atoms with Gasteiger partial charge in [-0.05, 0) is 23.8 Å². The van der Waals surface area contributed by atoms with Crippen molar-refractivity contribution >= 4 is 23.9 Å². The molecule has 2 heterocycles. The smallest absolute Gasteiger partial charge is 0.282 e. The first kappa shape index (κ1) is 15.1. The molecule has 2 aliphatic rings. The number of hydrogen-bond donors (Lipinski definition) is 0. The van der Waals surface area contributed by atoms with E-state index in [1.807, 2.05) is 41.4 Å². The Kier molecular flexibility index (Phi) is 3.78. The van der Waals surface area contributed by atoms with Crippen LogP contribution in [0.2, 0.25) is 0 Å². The maximum absolute atomic E-state index is 13.9. The normalized spacial score (nSPS) is 16.9. The molecule has 0 aliphatic carbocycles. The zero-order valence-electron chi connectivity index (χ0n) is 13.1. The second-order valence-corrected chi connectivity index (χ2v) is 5.54. The van der Waals surface area contributed by atoms with Gasteiger partial charge >= 0.3 is 0 Å². The lowest BCUT2D eigenvalue weighted by Gasteiger charge is -2.19. The number of halogens is 1. The number of guanidine groups is 1. The van der Waals surface area contributed by atoms with Crippen molar-refractivity contribution < 1.29 is 9.18 Å². The Balaban J connectivity index is 1.84. The molecule has 0 bridgehead atoms. The summed E-state index contributed by atoms with van der Waals surface area (Å²) in [4.78, 5) is 27.1. The number of amidine groups is 1. The molecule has 0 spiro atoms. The minimum absolute atomic E-state index is 0.0826. The number of carbonyl (C=O) groups is 1. The van der Waals surface area contributed by atoms with Crippen LogP contribution in [-0.4, -0.2) is 28.8 Å². The van der Waals surface area contributed by atoms with E-state index in [2.05, 4.69) is 15.0 Å². The number of fused-ring (bicyclic) bond motifs is 2. The van der Waals surface area contributed by atoms with Gasteiger partial charge in [0.2, 0.25) is 5.96 Å².